The van der Waals surface area contributed by atoms with Crippen molar-refractivity contribution in [3.05, 3.63) is 70.3 Å². The third kappa shape index (κ3) is 3.00. The van der Waals surface area contributed by atoms with Crippen LogP contribution in [0.1, 0.15) is 33.8 Å². The fourth-order valence-corrected chi connectivity index (χ4v) is 4.31. The maximum absolute atomic E-state index is 10.8. The minimum Gasteiger partial charge on any atom is -0.492 e. The molecule has 4 aromatic rings. The summed E-state index contributed by atoms with van der Waals surface area (Å²) in [5.74, 6) is 2.39. The number of benzene rings is 1. The summed E-state index contributed by atoms with van der Waals surface area (Å²) >= 11 is 1.43. The number of aromatic hydroxyl groups is 1. The van der Waals surface area contributed by atoms with Crippen LogP contribution in [0.5, 0.6) is 5.88 Å². The number of thiazole rings is 1. The molecule has 0 saturated carbocycles. The van der Waals surface area contributed by atoms with Crippen LogP contribution in [-0.4, -0.2) is 31.7 Å². The Labute approximate surface area is 155 Å². The van der Waals surface area contributed by atoms with Crippen molar-refractivity contribution in [2.75, 3.05) is 7.05 Å². The maximum Gasteiger partial charge on any atom is 0.230 e. The summed E-state index contributed by atoms with van der Waals surface area (Å²) in [6, 6.07) is 13.9. The Morgan fingerprint density at radius 2 is 1.96 bits per heavy atom. The van der Waals surface area contributed by atoms with Crippen LogP contribution in [0.25, 0.3) is 4.96 Å². The van der Waals surface area contributed by atoms with E-state index < -0.39 is 0 Å². The summed E-state index contributed by atoms with van der Waals surface area (Å²) in [6.45, 7) is 4.45. The van der Waals surface area contributed by atoms with E-state index in [4.69, 9.17) is 4.42 Å². The van der Waals surface area contributed by atoms with Crippen LogP contribution in [0.15, 0.2) is 46.9 Å². The van der Waals surface area contributed by atoms with Crippen molar-refractivity contribution < 1.29 is 9.52 Å². The fraction of sp³-hybridized carbons (Fsp3) is 0.263. The molecule has 1 unspecified atom stereocenters. The van der Waals surface area contributed by atoms with Crippen LogP contribution < -0.4 is 0 Å². The molecule has 0 aliphatic carbocycles. The van der Waals surface area contributed by atoms with Crippen molar-refractivity contribution in [1.29, 1.82) is 0 Å². The molecule has 4 rings (SSSR count). The maximum atomic E-state index is 10.8. The lowest BCUT2D eigenvalue weighted by atomic mass is 10.1. The van der Waals surface area contributed by atoms with Crippen molar-refractivity contribution in [3.63, 3.8) is 0 Å². The van der Waals surface area contributed by atoms with E-state index in [0.29, 0.717) is 10.8 Å². The molecule has 1 aromatic carbocycles. The highest BCUT2D eigenvalue weighted by molar-refractivity contribution is 7.17. The minimum atomic E-state index is -0.224. The summed E-state index contributed by atoms with van der Waals surface area (Å²) in [7, 11) is 2.02. The Morgan fingerprint density at radius 1 is 1.19 bits per heavy atom. The highest BCUT2D eigenvalue weighted by Crippen LogP contribution is 2.40. The van der Waals surface area contributed by atoms with Gasteiger partial charge < -0.3 is 9.52 Å². The Morgan fingerprint density at radius 3 is 2.62 bits per heavy atom. The zero-order chi connectivity index (χ0) is 18.3. The molecule has 6 nitrogen and oxygen atoms in total. The molecule has 0 spiro atoms. The lowest BCUT2D eigenvalue weighted by Gasteiger charge is -2.25. The molecule has 0 fully saturated rings. The normalized spacial score (nSPS) is 12.9. The number of hydrogen-bond acceptors (Lipinski definition) is 6. The van der Waals surface area contributed by atoms with Crippen molar-refractivity contribution >= 4 is 16.3 Å². The first-order chi connectivity index (χ1) is 12.5. The summed E-state index contributed by atoms with van der Waals surface area (Å²) in [5.41, 5.74) is 1.19. The van der Waals surface area contributed by atoms with Crippen LogP contribution >= 0.6 is 11.3 Å². The molecule has 7 heteroatoms. The molecule has 3 heterocycles. The first-order valence-electron chi connectivity index (χ1n) is 8.38. The predicted molar refractivity (Wildman–Crippen MR) is 100 cm³/mol. The molecule has 1 atom stereocenters. The SMILES string of the molecule is Cc1nc2sc(C(c3ccc(C)o3)N(C)Cc3ccccc3)c(O)n2n1. The number of nitrogens with zero attached hydrogens (tertiary/aromatic N) is 4. The van der Waals surface area contributed by atoms with Crippen LogP contribution in [-0.2, 0) is 6.54 Å². The van der Waals surface area contributed by atoms with Crippen LogP contribution in [0.2, 0.25) is 0 Å². The van der Waals surface area contributed by atoms with Gasteiger partial charge in [-0.2, -0.15) is 4.52 Å². The van der Waals surface area contributed by atoms with Crippen LogP contribution in [0, 0.1) is 13.8 Å². The van der Waals surface area contributed by atoms with Gasteiger partial charge in [-0.3, -0.25) is 4.90 Å². The smallest absolute Gasteiger partial charge is 0.230 e. The van der Waals surface area contributed by atoms with E-state index in [1.807, 2.05) is 51.2 Å². The third-order valence-electron chi connectivity index (χ3n) is 4.30. The van der Waals surface area contributed by atoms with Crippen molar-refractivity contribution in [3.8, 4) is 5.88 Å². The number of aryl methyl sites for hydroxylation is 2. The van der Waals surface area contributed by atoms with Crippen molar-refractivity contribution in [1.82, 2.24) is 19.5 Å². The minimum absolute atomic E-state index is 0.115. The average molecular weight is 368 g/mol. The Kier molecular flexibility index (Phi) is 4.26. The van der Waals surface area contributed by atoms with E-state index in [1.54, 1.807) is 0 Å². The van der Waals surface area contributed by atoms with E-state index in [9.17, 15) is 5.11 Å². The molecule has 26 heavy (non-hydrogen) atoms. The van der Waals surface area contributed by atoms with Gasteiger partial charge in [0.05, 0.1) is 4.88 Å². The molecular weight excluding hydrogens is 348 g/mol. The fourth-order valence-electron chi connectivity index (χ4n) is 3.14. The summed E-state index contributed by atoms with van der Waals surface area (Å²) < 4.78 is 7.41. The van der Waals surface area contributed by atoms with Gasteiger partial charge in [0, 0.05) is 6.54 Å². The Balaban J connectivity index is 1.77. The van der Waals surface area contributed by atoms with Gasteiger partial charge in [-0.15, -0.1) is 5.10 Å². The zero-order valence-electron chi connectivity index (χ0n) is 14.9. The van der Waals surface area contributed by atoms with Crippen molar-refractivity contribution in [2.24, 2.45) is 0 Å². The largest absolute Gasteiger partial charge is 0.492 e. The molecule has 3 aromatic heterocycles. The quantitative estimate of drug-likeness (QED) is 0.578. The number of hydrogen-bond donors (Lipinski definition) is 1. The van der Waals surface area contributed by atoms with Gasteiger partial charge in [-0.05, 0) is 38.6 Å². The van der Waals surface area contributed by atoms with E-state index in [1.165, 1.54) is 21.4 Å². The van der Waals surface area contributed by atoms with Gasteiger partial charge in [0.2, 0.25) is 10.8 Å². The molecular formula is C19H20N4O2S. The predicted octanol–water partition coefficient (Wildman–Crippen LogP) is 3.93. The number of fused-ring (bicyclic) bond motifs is 1. The van der Waals surface area contributed by atoms with Gasteiger partial charge in [0.15, 0.2) is 0 Å². The highest BCUT2D eigenvalue weighted by Gasteiger charge is 2.30. The lowest BCUT2D eigenvalue weighted by Crippen LogP contribution is -2.24. The first kappa shape index (κ1) is 16.8. The molecule has 0 radical (unpaired) electrons. The molecule has 1 N–H and O–H groups in total. The monoisotopic (exact) mass is 368 g/mol. The molecule has 134 valence electrons. The second kappa shape index (κ2) is 6.59. The van der Waals surface area contributed by atoms with E-state index >= 15 is 0 Å². The second-order valence-electron chi connectivity index (χ2n) is 6.39. The molecule has 0 amide bonds. The van der Waals surface area contributed by atoms with Gasteiger partial charge in [0.25, 0.3) is 0 Å². The second-order valence-corrected chi connectivity index (χ2v) is 7.40. The number of aromatic nitrogens is 3. The van der Waals surface area contributed by atoms with Gasteiger partial charge in [-0.1, -0.05) is 41.7 Å². The van der Waals surface area contributed by atoms with Crippen molar-refractivity contribution in [2.45, 2.75) is 26.4 Å². The summed E-state index contributed by atoms with van der Waals surface area (Å²) in [5, 5.41) is 15.0. The van der Waals surface area contributed by atoms with Gasteiger partial charge in [0.1, 0.15) is 23.4 Å². The third-order valence-corrected chi connectivity index (χ3v) is 5.37. The summed E-state index contributed by atoms with van der Waals surface area (Å²) in [4.78, 5) is 7.99. The number of furan rings is 1. The van der Waals surface area contributed by atoms with E-state index in [0.717, 1.165) is 22.9 Å². The first-order valence-corrected chi connectivity index (χ1v) is 9.20. The highest BCUT2D eigenvalue weighted by atomic mass is 32.1. The summed E-state index contributed by atoms with van der Waals surface area (Å²) in [6.07, 6.45) is 0. The molecule has 0 aliphatic rings. The van der Waals surface area contributed by atoms with Gasteiger partial charge >= 0.3 is 0 Å². The Hall–Kier alpha value is -2.64. The standard InChI is InChI=1S/C19H20N4O2S/c1-12-9-10-15(25-12)16(22(3)11-14-7-5-4-6-8-14)17-18(24)23-19(26-17)20-13(2)21-23/h4-10,16,24H,11H2,1-3H3. The Bertz CT molecular complexity index is 1030. The average Bonchev–Trinajstić information content (AvgIpc) is 3.27. The van der Waals surface area contributed by atoms with Gasteiger partial charge in [-0.25, -0.2) is 4.98 Å². The van der Waals surface area contributed by atoms with Crippen LogP contribution in [0.4, 0.5) is 0 Å². The lowest BCUT2D eigenvalue weighted by molar-refractivity contribution is 0.236. The van der Waals surface area contributed by atoms with E-state index in [2.05, 4.69) is 27.1 Å². The number of rotatable bonds is 5. The molecule has 0 bridgehead atoms. The molecule has 0 aliphatic heterocycles. The van der Waals surface area contributed by atoms with Crippen LogP contribution in [0.3, 0.4) is 0 Å². The zero-order valence-corrected chi connectivity index (χ0v) is 15.7. The topological polar surface area (TPSA) is 66.8 Å². The van der Waals surface area contributed by atoms with E-state index in [-0.39, 0.29) is 11.9 Å². The molecule has 0 saturated heterocycles.